The van der Waals surface area contributed by atoms with Crippen LogP contribution in [-0.2, 0) is 13.1 Å². The molecule has 0 saturated heterocycles. The van der Waals surface area contributed by atoms with Crippen molar-refractivity contribution < 1.29 is 0 Å². The highest BCUT2D eigenvalue weighted by Crippen LogP contribution is 2.15. The predicted octanol–water partition coefficient (Wildman–Crippen LogP) is 1.15. The fraction of sp³-hybridized carbons (Fsp3) is 0.786. The smallest absolute Gasteiger partial charge is 0.147 e. The van der Waals surface area contributed by atoms with E-state index in [1.807, 2.05) is 6.92 Å². The van der Waals surface area contributed by atoms with Crippen LogP contribution in [0.25, 0.3) is 0 Å². The van der Waals surface area contributed by atoms with E-state index in [9.17, 15) is 5.26 Å². The first-order valence-corrected chi connectivity index (χ1v) is 7.30. The Bertz CT molecular complexity index is 474. The van der Waals surface area contributed by atoms with E-state index in [1.54, 1.807) is 6.33 Å². The van der Waals surface area contributed by atoms with Crippen molar-refractivity contribution in [3.05, 3.63) is 12.2 Å². The van der Waals surface area contributed by atoms with Crippen molar-refractivity contribution in [3.8, 4) is 6.07 Å². The van der Waals surface area contributed by atoms with Crippen molar-refractivity contribution in [3.63, 3.8) is 0 Å². The maximum absolute atomic E-state index is 9.33. The quantitative estimate of drug-likeness (QED) is 0.844. The molecule has 1 aliphatic heterocycles. The highest BCUT2D eigenvalue weighted by atomic mass is 15.3. The van der Waals surface area contributed by atoms with Crippen molar-refractivity contribution in [1.29, 1.82) is 5.26 Å². The Hall–Kier alpha value is -1.45. The predicted molar refractivity (Wildman–Crippen MR) is 76.8 cm³/mol. The Kier molecular flexibility index (Phi) is 4.73. The lowest BCUT2D eigenvalue weighted by molar-refractivity contribution is 0.206. The molecule has 0 radical (unpaired) electrons. The van der Waals surface area contributed by atoms with Gasteiger partial charge >= 0.3 is 0 Å². The molecule has 0 bridgehead atoms. The van der Waals surface area contributed by atoms with Gasteiger partial charge in [-0.1, -0.05) is 0 Å². The Morgan fingerprint density at radius 2 is 2.30 bits per heavy atom. The average molecular weight is 276 g/mol. The molecule has 1 unspecified atom stereocenters. The van der Waals surface area contributed by atoms with Crippen LogP contribution in [0.3, 0.4) is 0 Å². The molecule has 0 aromatic carbocycles. The molecule has 6 nitrogen and oxygen atoms in total. The topological polar surface area (TPSA) is 69.8 Å². The zero-order valence-electron chi connectivity index (χ0n) is 12.6. The minimum Gasteiger partial charge on any atom is -0.315 e. The minimum absolute atomic E-state index is 0.327. The van der Waals surface area contributed by atoms with Gasteiger partial charge in [0.1, 0.15) is 17.7 Å². The number of hydrogen-bond acceptors (Lipinski definition) is 5. The number of fused-ring (bicyclic) bond motifs is 1. The lowest BCUT2D eigenvalue weighted by Crippen LogP contribution is -2.45. The average Bonchev–Trinajstić information content (AvgIpc) is 2.85. The summed E-state index contributed by atoms with van der Waals surface area (Å²) in [6.07, 6.45) is 3.68. The van der Waals surface area contributed by atoms with Gasteiger partial charge in [-0.25, -0.2) is 0 Å². The Morgan fingerprint density at radius 3 is 3.00 bits per heavy atom. The van der Waals surface area contributed by atoms with E-state index in [1.165, 1.54) is 0 Å². The van der Waals surface area contributed by atoms with Gasteiger partial charge in [-0.3, -0.25) is 10.2 Å². The summed E-state index contributed by atoms with van der Waals surface area (Å²) >= 11 is 0. The molecule has 1 aromatic heterocycles. The van der Waals surface area contributed by atoms with Crippen molar-refractivity contribution in [1.82, 2.24) is 25.0 Å². The molecule has 0 amide bonds. The Labute approximate surface area is 120 Å². The van der Waals surface area contributed by atoms with E-state index in [4.69, 9.17) is 0 Å². The molecule has 6 heteroatoms. The standard InChI is InChI=1S/C14H24N6/c1-12(2)17-14(3,10-15)5-4-6-19-7-8-20-11-16-18-13(20)9-19/h11-12,17H,4-9H2,1-3H3. The first-order valence-electron chi connectivity index (χ1n) is 7.30. The molecule has 0 aliphatic carbocycles. The molecule has 1 aliphatic rings. The molecule has 2 heterocycles. The van der Waals surface area contributed by atoms with Gasteiger partial charge in [0, 0.05) is 19.1 Å². The maximum atomic E-state index is 9.33. The van der Waals surface area contributed by atoms with Crippen molar-refractivity contribution in [2.75, 3.05) is 13.1 Å². The normalized spacial score (nSPS) is 18.6. The van der Waals surface area contributed by atoms with Gasteiger partial charge in [-0.15, -0.1) is 10.2 Å². The number of nitrogens with zero attached hydrogens (tertiary/aromatic N) is 5. The van der Waals surface area contributed by atoms with Crippen LogP contribution >= 0.6 is 0 Å². The number of aromatic nitrogens is 3. The molecular weight excluding hydrogens is 252 g/mol. The molecule has 20 heavy (non-hydrogen) atoms. The number of hydrogen-bond donors (Lipinski definition) is 1. The fourth-order valence-corrected chi connectivity index (χ4v) is 2.76. The summed E-state index contributed by atoms with van der Waals surface area (Å²) < 4.78 is 2.11. The van der Waals surface area contributed by atoms with Crippen LogP contribution < -0.4 is 5.32 Å². The first-order chi connectivity index (χ1) is 9.52. The molecule has 1 aromatic rings. The molecule has 1 N–H and O–H groups in total. The number of nitriles is 1. The van der Waals surface area contributed by atoms with Crippen LogP contribution in [0, 0.1) is 11.3 Å². The zero-order valence-corrected chi connectivity index (χ0v) is 12.6. The minimum atomic E-state index is -0.427. The second kappa shape index (κ2) is 6.33. The summed E-state index contributed by atoms with van der Waals surface area (Å²) in [4.78, 5) is 2.39. The second-order valence-electron chi connectivity index (χ2n) is 6.06. The summed E-state index contributed by atoms with van der Waals surface area (Å²) in [5.74, 6) is 1.04. The highest BCUT2D eigenvalue weighted by Gasteiger charge is 2.24. The molecule has 0 fully saturated rings. The third kappa shape index (κ3) is 3.78. The van der Waals surface area contributed by atoms with Crippen LogP contribution in [0.15, 0.2) is 6.33 Å². The van der Waals surface area contributed by atoms with Crippen LogP contribution in [-0.4, -0.2) is 44.3 Å². The summed E-state index contributed by atoms with van der Waals surface area (Å²) in [6, 6.07) is 2.73. The van der Waals surface area contributed by atoms with E-state index >= 15 is 0 Å². The molecule has 2 rings (SSSR count). The third-order valence-corrected chi connectivity index (χ3v) is 3.72. The molecule has 0 saturated carbocycles. The van der Waals surface area contributed by atoms with Gasteiger partial charge < -0.3 is 4.57 Å². The van der Waals surface area contributed by atoms with Crippen LogP contribution in [0.4, 0.5) is 0 Å². The lowest BCUT2D eigenvalue weighted by Gasteiger charge is -2.29. The van der Waals surface area contributed by atoms with Gasteiger partial charge in [0.2, 0.25) is 0 Å². The van der Waals surface area contributed by atoms with E-state index in [0.717, 1.165) is 44.8 Å². The van der Waals surface area contributed by atoms with E-state index in [0.29, 0.717) is 6.04 Å². The highest BCUT2D eigenvalue weighted by molar-refractivity contribution is 5.04. The second-order valence-corrected chi connectivity index (χ2v) is 6.06. The van der Waals surface area contributed by atoms with E-state index in [2.05, 4.69) is 44.9 Å². The van der Waals surface area contributed by atoms with Gasteiger partial charge in [0.05, 0.1) is 12.6 Å². The summed E-state index contributed by atoms with van der Waals surface area (Å²) in [6.45, 7) is 10.00. The van der Waals surface area contributed by atoms with Crippen molar-refractivity contribution in [2.24, 2.45) is 0 Å². The lowest BCUT2D eigenvalue weighted by atomic mass is 9.96. The molecule has 0 spiro atoms. The van der Waals surface area contributed by atoms with Crippen molar-refractivity contribution in [2.45, 2.75) is 58.3 Å². The SMILES string of the molecule is CC(C)NC(C)(C#N)CCCN1CCn2cnnc2C1. The number of rotatable bonds is 6. The first kappa shape index (κ1) is 14.9. The summed E-state index contributed by atoms with van der Waals surface area (Å²) in [7, 11) is 0. The fourth-order valence-electron chi connectivity index (χ4n) is 2.76. The van der Waals surface area contributed by atoms with Gasteiger partial charge in [-0.2, -0.15) is 5.26 Å². The van der Waals surface area contributed by atoms with Gasteiger partial charge in [0.25, 0.3) is 0 Å². The van der Waals surface area contributed by atoms with E-state index in [-0.39, 0.29) is 0 Å². The van der Waals surface area contributed by atoms with Crippen LogP contribution in [0.1, 0.15) is 39.4 Å². The van der Waals surface area contributed by atoms with Gasteiger partial charge in [0.15, 0.2) is 0 Å². The molecule has 110 valence electrons. The van der Waals surface area contributed by atoms with Gasteiger partial charge in [-0.05, 0) is 40.2 Å². The van der Waals surface area contributed by atoms with Crippen LogP contribution in [0.2, 0.25) is 0 Å². The molecular formula is C14H24N6. The zero-order chi connectivity index (χ0) is 14.6. The Balaban J connectivity index is 1.78. The largest absolute Gasteiger partial charge is 0.315 e. The maximum Gasteiger partial charge on any atom is 0.147 e. The Morgan fingerprint density at radius 1 is 1.50 bits per heavy atom. The van der Waals surface area contributed by atoms with Crippen LogP contribution in [0.5, 0.6) is 0 Å². The molecule has 1 atom stereocenters. The third-order valence-electron chi connectivity index (χ3n) is 3.72. The monoisotopic (exact) mass is 276 g/mol. The summed E-state index contributed by atoms with van der Waals surface area (Å²) in [5.41, 5.74) is -0.427. The van der Waals surface area contributed by atoms with E-state index < -0.39 is 5.54 Å². The summed E-state index contributed by atoms with van der Waals surface area (Å²) in [5, 5.41) is 20.7. The van der Waals surface area contributed by atoms with Crippen molar-refractivity contribution >= 4 is 0 Å². The number of nitrogens with one attached hydrogen (secondary N) is 1.